The molecule has 0 bridgehead atoms. The van der Waals surface area contributed by atoms with Crippen LogP contribution >= 0.6 is 39.5 Å². The summed E-state index contributed by atoms with van der Waals surface area (Å²) in [5.41, 5.74) is 2.26. The van der Waals surface area contributed by atoms with E-state index in [9.17, 15) is 0 Å². The quantitative estimate of drug-likeness (QED) is 0.697. The topological polar surface area (TPSA) is 12.4 Å². The summed E-state index contributed by atoms with van der Waals surface area (Å²) in [6.07, 6.45) is 2.05. The maximum Gasteiger partial charge on any atom is 0.135 e. The van der Waals surface area contributed by atoms with E-state index in [1.54, 1.807) is 23.5 Å². The summed E-state index contributed by atoms with van der Waals surface area (Å²) >= 11 is 6.77. The standard InChI is InChI=1S/C10H8BrNS2/c1-13-10-12-8-5-3-2-4-7(8)9(6-11)14-10/h2-6H,1H3/b9-6-. The van der Waals surface area contributed by atoms with E-state index >= 15 is 0 Å². The highest BCUT2D eigenvalue weighted by Gasteiger charge is 2.15. The zero-order valence-corrected chi connectivity index (χ0v) is 10.7. The lowest BCUT2D eigenvalue weighted by Crippen LogP contribution is -1.93. The Balaban J connectivity index is 2.55. The summed E-state index contributed by atoms with van der Waals surface area (Å²) in [6.45, 7) is 0. The van der Waals surface area contributed by atoms with Crippen LogP contribution < -0.4 is 0 Å². The molecular formula is C10H8BrNS2. The van der Waals surface area contributed by atoms with Gasteiger partial charge in [0.05, 0.1) is 5.69 Å². The maximum absolute atomic E-state index is 4.54. The summed E-state index contributed by atoms with van der Waals surface area (Å²) in [7, 11) is 0. The normalized spacial score (nSPS) is 17.9. The van der Waals surface area contributed by atoms with Crippen LogP contribution in [-0.4, -0.2) is 10.6 Å². The van der Waals surface area contributed by atoms with Crippen molar-refractivity contribution in [3.63, 3.8) is 0 Å². The van der Waals surface area contributed by atoms with Crippen molar-refractivity contribution in [1.29, 1.82) is 0 Å². The first-order valence-electron chi connectivity index (χ1n) is 4.05. The second-order valence-corrected chi connectivity index (χ2v) is 5.22. The molecule has 0 spiro atoms. The molecule has 1 aliphatic heterocycles. The monoisotopic (exact) mass is 285 g/mol. The third-order valence-corrected chi connectivity index (χ3v) is 4.63. The molecule has 0 radical (unpaired) electrons. The molecule has 1 aromatic carbocycles. The molecule has 0 saturated heterocycles. The molecule has 1 aromatic rings. The van der Waals surface area contributed by atoms with Crippen molar-refractivity contribution in [2.24, 2.45) is 4.99 Å². The molecule has 4 heteroatoms. The van der Waals surface area contributed by atoms with Crippen LogP contribution in [0.3, 0.4) is 0 Å². The highest BCUT2D eigenvalue weighted by atomic mass is 79.9. The fourth-order valence-electron chi connectivity index (χ4n) is 1.22. The second kappa shape index (κ2) is 4.55. The van der Waals surface area contributed by atoms with E-state index in [-0.39, 0.29) is 0 Å². The van der Waals surface area contributed by atoms with Crippen molar-refractivity contribution >= 4 is 54.4 Å². The van der Waals surface area contributed by atoms with Crippen LogP contribution in [0.25, 0.3) is 4.91 Å². The van der Waals surface area contributed by atoms with Gasteiger partial charge in [0.15, 0.2) is 0 Å². The molecule has 14 heavy (non-hydrogen) atoms. The second-order valence-electron chi connectivity index (χ2n) is 2.67. The van der Waals surface area contributed by atoms with Gasteiger partial charge in [-0.1, -0.05) is 45.9 Å². The number of rotatable bonds is 0. The molecule has 0 unspecified atom stereocenters. The molecule has 1 heterocycles. The Bertz CT molecular complexity index is 412. The molecule has 0 saturated carbocycles. The maximum atomic E-state index is 4.54. The first-order chi connectivity index (χ1) is 6.85. The fourth-order valence-corrected chi connectivity index (χ4v) is 3.20. The fraction of sp³-hybridized carbons (Fsp3) is 0.100. The van der Waals surface area contributed by atoms with Gasteiger partial charge in [-0.05, 0) is 17.3 Å². The SMILES string of the molecule is CSC1=Nc2ccccc2/C(=C/Br)S1. The van der Waals surface area contributed by atoms with Crippen molar-refractivity contribution in [3.05, 3.63) is 34.8 Å². The lowest BCUT2D eigenvalue weighted by molar-refractivity contribution is 1.51. The Morgan fingerprint density at radius 1 is 1.43 bits per heavy atom. The largest absolute Gasteiger partial charge is 0.234 e. The predicted molar refractivity (Wildman–Crippen MR) is 71.5 cm³/mol. The lowest BCUT2D eigenvalue weighted by Gasteiger charge is -2.15. The number of benzene rings is 1. The van der Waals surface area contributed by atoms with E-state index in [0.29, 0.717) is 0 Å². The lowest BCUT2D eigenvalue weighted by atomic mass is 10.2. The molecule has 0 amide bonds. The summed E-state index contributed by atoms with van der Waals surface area (Å²) in [5.74, 6) is 0. The van der Waals surface area contributed by atoms with E-state index in [0.717, 1.165) is 10.1 Å². The van der Waals surface area contributed by atoms with Gasteiger partial charge in [0.1, 0.15) is 4.38 Å². The van der Waals surface area contributed by atoms with Gasteiger partial charge in [-0.3, -0.25) is 0 Å². The summed E-state index contributed by atoms with van der Waals surface area (Å²) in [5, 5.41) is 0. The Hall–Kier alpha value is -0.190. The van der Waals surface area contributed by atoms with Gasteiger partial charge in [-0.25, -0.2) is 4.99 Å². The zero-order valence-electron chi connectivity index (χ0n) is 7.53. The molecule has 0 atom stereocenters. The van der Waals surface area contributed by atoms with E-state index < -0.39 is 0 Å². The summed E-state index contributed by atoms with van der Waals surface area (Å²) in [6, 6.07) is 8.19. The van der Waals surface area contributed by atoms with Crippen LogP contribution in [0.4, 0.5) is 5.69 Å². The zero-order chi connectivity index (χ0) is 9.97. The number of aliphatic imine (C=N–C) groups is 1. The van der Waals surface area contributed by atoms with Gasteiger partial charge in [0.2, 0.25) is 0 Å². The van der Waals surface area contributed by atoms with Crippen molar-refractivity contribution in [2.75, 3.05) is 6.26 Å². The Kier molecular flexibility index (Phi) is 3.36. The highest BCUT2D eigenvalue weighted by Crippen LogP contribution is 2.42. The van der Waals surface area contributed by atoms with Crippen molar-refractivity contribution in [3.8, 4) is 0 Å². The van der Waals surface area contributed by atoms with Gasteiger partial charge < -0.3 is 0 Å². The van der Waals surface area contributed by atoms with Crippen molar-refractivity contribution < 1.29 is 0 Å². The molecule has 2 rings (SSSR count). The van der Waals surface area contributed by atoms with E-state index in [2.05, 4.69) is 27.0 Å². The van der Waals surface area contributed by atoms with E-state index in [4.69, 9.17) is 0 Å². The number of halogens is 1. The van der Waals surface area contributed by atoms with E-state index in [1.807, 2.05) is 29.4 Å². The van der Waals surface area contributed by atoms with Gasteiger partial charge in [0, 0.05) is 10.5 Å². The van der Waals surface area contributed by atoms with Crippen LogP contribution in [0, 0.1) is 0 Å². The van der Waals surface area contributed by atoms with Crippen LogP contribution in [0.1, 0.15) is 5.56 Å². The number of thioether (sulfide) groups is 2. The third kappa shape index (κ3) is 1.92. The summed E-state index contributed by atoms with van der Waals surface area (Å²) < 4.78 is 1.09. The number of nitrogens with zero attached hydrogens (tertiary/aromatic N) is 1. The third-order valence-electron chi connectivity index (χ3n) is 1.85. The first-order valence-corrected chi connectivity index (χ1v) is 7.01. The van der Waals surface area contributed by atoms with Crippen LogP contribution in [0.2, 0.25) is 0 Å². The Morgan fingerprint density at radius 3 is 2.93 bits per heavy atom. The molecule has 1 nitrogen and oxygen atoms in total. The number of hydrogen-bond acceptors (Lipinski definition) is 3. The van der Waals surface area contributed by atoms with Gasteiger partial charge >= 0.3 is 0 Å². The van der Waals surface area contributed by atoms with Crippen molar-refractivity contribution in [1.82, 2.24) is 0 Å². The average molecular weight is 286 g/mol. The minimum Gasteiger partial charge on any atom is -0.234 e. The smallest absolute Gasteiger partial charge is 0.135 e. The molecular weight excluding hydrogens is 278 g/mol. The number of fused-ring (bicyclic) bond motifs is 1. The minimum absolute atomic E-state index is 1.06. The highest BCUT2D eigenvalue weighted by molar-refractivity contribution is 9.11. The number of hydrogen-bond donors (Lipinski definition) is 0. The molecule has 0 aliphatic carbocycles. The van der Waals surface area contributed by atoms with Crippen molar-refractivity contribution in [2.45, 2.75) is 0 Å². The first kappa shape index (κ1) is 10.3. The average Bonchev–Trinajstić information content (AvgIpc) is 2.27. The molecule has 0 aromatic heterocycles. The predicted octanol–water partition coefficient (Wildman–Crippen LogP) is 4.48. The minimum atomic E-state index is 1.06. The van der Waals surface area contributed by atoms with Gasteiger partial charge in [0.25, 0.3) is 0 Å². The van der Waals surface area contributed by atoms with E-state index in [1.165, 1.54) is 10.5 Å². The van der Waals surface area contributed by atoms with Crippen LogP contribution in [0.15, 0.2) is 34.2 Å². The Labute approximate surface area is 100 Å². The van der Waals surface area contributed by atoms with Gasteiger partial charge in [-0.2, -0.15) is 0 Å². The Morgan fingerprint density at radius 2 is 2.21 bits per heavy atom. The molecule has 0 N–H and O–H groups in total. The molecule has 1 aliphatic rings. The summed E-state index contributed by atoms with van der Waals surface area (Å²) in [4.78, 5) is 7.72. The van der Waals surface area contributed by atoms with Crippen LogP contribution in [-0.2, 0) is 0 Å². The van der Waals surface area contributed by atoms with Gasteiger partial charge in [-0.15, -0.1) is 11.8 Å². The number of para-hydroxylation sites is 1. The molecule has 0 fully saturated rings. The molecule has 72 valence electrons. The van der Waals surface area contributed by atoms with Crippen LogP contribution in [0.5, 0.6) is 0 Å².